The van der Waals surface area contributed by atoms with Crippen LogP contribution in [0, 0.1) is 0 Å². The van der Waals surface area contributed by atoms with E-state index in [9.17, 15) is 13.2 Å². The molecule has 3 nitrogen and oxygen atoms in total. The molecule has 0 radical (unpaired) electrons. The molecule has 0 saturated carbocycles. The fourth-order valence-electron chi connectivity index (χ4n) is 1.92. The third-order valence-electron chi connectivity index (χ3n) is 3.10. The van der Waals surface area contributed by atoms with Gasteiger partial charge in [0.1, 0.15) is 11.6 Å². The summed E-state index contributed by atoms with van der Waals surface area (Å²) in [5.41, 5.74) is 5.26. The highest BCUT2D eigenvalue weighted by molar-refractivity contribution is 9.28. The lowest BCUT2D eigenvalue weighted by atomic mass is 10.1. The predicted molar refractivity (Wildman–Crippen MR) is 106 cm³/mol. The summed E-state index contributed by atoms with van der Waals surface area (Å²) >= 11 is 24.7. The van der Waals surface area contributed by atoms with Crippen LogP contribution in [0.15, 0.2) is 27.8 Å². The highest BCUT2D eigenvalue weighted by Gasteiger charge is 2.32. The number of anilines is 1. The zero-order chi connectivity index (χ0) is 19.6. The summed E-state index contributed by atoms with van der Waals surface area (Å²) in [6, 6.07) is 2.14. The lowest BCUT2D eigenvalue weighted by molar-refractivity contribution is -0.137. The minimum Gasteiger partial charge on any atom is -0.486 e. The molecule has 0 aliphatic rings. The zero-order valence-electron chi connectivity index (χ0n) is 12.5. The Morgan fingerprint density at radius 3 is 2.38 bits per heavy atom. The number of alkyl halides is 3. The molecular formula is C15H8Br2Cl3F3N2O. The third kappa shape index (κ3) is 4.98. The smallest absolute Gasteiger partial charge is 0.417 e. The van der Waals surface area contributed by atoms with Crippen LogP contribution in [-0.4, -0.2) is 11.6 Å². The number of benzene rings is 1. The molecule has 0 aliphatic carbocycles. The van der Waals surface area contributed by atoms with Gasteiger partial charge >= 0.3 is 6.18 Å². The summed E-state index contributed by atoms with van der Waals surface area (Å²) in [7, 11) is 0. The summed E-state index contributed by atoms with van der Waals surface area (Å²) in [6.45, 7) is 0.142. The van der Waals surface area contributed by atoms with Crippen molar-refractivity contribution in [3.8, 4) is 17.0 Å². The van der Waals surface area contributed by atoms with Crippen molar-refractivity contribution in [3.05, 3.63) is 48.4 Å². The topological polar surface area (TPSA) is 48.1 Å². The number of pyridine rings is 1. The summed E-state index contributed by atoms with van der Waals surface area (Å²) in [5.74, 6) is 0.134. The SMILES string of the molecule is Nc1c(-c2ncc(C(F)(F)F)cc2Cl)cc(Cl)c(OCC=C(Br)Br)c1Cl. The minimum atomic E-state index is -4.56. The Morgan fingerprint density at radius 1 is 1.19 bits per heavy atom. The van der Waals surface area contributed by atoms with E-state index in [4.69, 9.17) is 45.3 Å². The van der Waals surface area contributed by atoms with Gasteiger partial charge in [-0.1, -0.05) is 34.8 Å². The molecule has 11 heteroatoms. The number of rotatable bonds is 4. The summed E-state index contributed by atoms with van der Waals surface area (Å²) in [4.78, 5) is 3.76. The van der Waals surface area contributed by atoms with Gasteiger partial charge in [-0.2, -0.15) is 13.2 Å². The quantitative estimate of drug-likeness (QED) is 0.403. The Labute approximate surface area is 178 Å². The van der Waals surface area contributed by atoms with E-state index in [1.54, 1.807) is 6.08 Å². The molecule has 0 atom stereocenters. The van der Waals surface area contributed by atoms with Crippen molar-refractivity contribution >= 4 is 72.4 Å². The van der Waals surface area contributed by atoms with Crippen LogP contribution in [0.3, 0.4) is 0 Å². The fraction of sp³-hybridized carbons (Fsp3) is 0.133. The summed E-state index contributed by atoms with van der Waals surface area (Å²) in [6.07, 6.45) is -2.25. The molecule has 2 aromatic rings. The Bertz CT molecular complexity index is 872. The second-order valence-corrected chi connectivity index (χ2v) is 8.78. The van der Waals surface area contributed by atoms with Crippen molar-refractivity contribution in [2.24, 2.45) is 0 Å². The number of aromatic nitrogens is 1. The van der Waals surface area contributed by atoms with Crippen molar-refractivity contribution in [1.82, 2.24) is 4.98 Å². The van der Waals surface area contributed by atoms with E-state index in [0.717, 1.165) is 6.07 Å². The third-order valence-corrected chi connectivity index (χ3v) is 4.69. The van der Waals surface area contributed by atoms with Gasteiger partial charge in [0, 0.05) is 11.8 Å². The van der Waals surface area contributed by atoms with Gasteiger partial charge in [0.05, 0.1) is 30.4 Å². The van der Waals surface area contributed by atoms with Crippen LogP contribution in [0.5, 0.6) is 5.75 Å². The lowest BCUT2D eigenvalue weighted by Gasteiger charge is -2.15. The number of nitrogen functional groups attached to an aromatic ring is 1. The molecule has 0 amide bonds. The van der Waals surface area contributed by atoms with Gasteiger partial charge in [0.15, 0.2) is 5.75 Å². The number of halogens is 8. The van der Waals surface area contributed by atoms with E-state index < -0.39 is 11.7 Å². The molecule has 0 aliphatic heterocycles. The molecule has 26 heavy (non-hydrogen) atoms. The van der Waals surface area contributed by atoms with Gasteiger partial charge < -0.3 is 10.5 Å². The molecule has 2 rings (SSSR count). The average molecular weight is 555 g/mol. The van der Waals surface area contributed by atoms with E-state index in [1.807, 2.05) is 0 Å². The van der Waals surface area contributed by atoms with Crippen LogP contribution >= 0.6 is 66.7 Å². The molecule has 140 valence electrons. The van der Waals surface area contributed by atoms with Crippen LogP contribution < -0.4 is 10.5 Å². The molecule has 1 heterocycles. The van der Waals surface area contributed by atoms with Gasteiger partial charge in [0.2, 0.25) is 0 Å². The molecule has 1 aromatic carbocycles. The first-order valence-electron chi connectivity index (χ1n) is 6.67. The molecular weight excluding hydrogens is 547 g/mol. The molecule has 1 aromatic heterocycles. The summed E-state index contributed by atoms with van der Waals surface area (Å²) < 4.78 is 44.4. The van der Waals surface area contributed by atoms with Crippen LogP contribution in [0.2, 0.25) is 15.1 Å². The van der Waals surface area contributed by atoms with Crippen molar-refractivity contribution in [1.29, 1.82) is 0 Å². The normalized spacial score (nSPS) is 11.4. The van der Waals surface area contributed by atoms with Crippen molar-refractivity contribution in [3.63, 3.8) is 0 Å². The van der Waals surface area contributed by atoms with Crippen molar-refractivity contribution < 1.29 is 17.9 Å². The van der Waals surface area contributed by atoms with Gasteiger partial charge in [0.25, 0.3) is 0 Å². The Morgan fingerprint density at radius 2 is 1.85 bits per heavy atom. The average Bonchev–Trinajstić information content (AvgIpc) is 2.53. The maximum absolute atomic E-state index is 12.7. The van der Waals surface area contributed by atoms with Crippen LogP contribution in [0.1, 0.15) is 5.56 Å². The van der Waals surface area contributed by atoms with Gasteiger partial charge in [-0.3, -0.25) is 4.98 Å². The number of nitrogens with zero attached hydrogens (tertiary/aromatic N) is 1. The first kappa shape index (κ1) is 21.6. The number of nitrogens with two attached hydrogens (primary N) is 1. The van der Waals surface area contributed by atoms with Gasteiger partial charge in [-0.25, -0.2) is 0 Å². The first-order valence-corrected chi connectivity index (χ1v) is 9.39. The first-order chi connectivity index (χ1) is 12.0. The summed E-state index contributed by atoms with van der Waals surface area (Å²) in [5, 5.41) is -0.126. The van der Waals surface area contributed by atoms with Crippen molar-refractivity contribution in [2.75, 3.05) is 12.3 Å². The van der Waals surface area contributed by atoms with Crippen LogP contribution in [0.25, 0.3) is 11.3 Å². The molecule has 0 unspecified atom stereocenters. The Balaban J connectivity index is 2.47. The second kappa shape index (κ2) is 8.56. The van der Waals surface area contributed by atoms with Gasteiger partial charge in [-0.05, 0) is 50.1 Å². The number of ether oxygens (including phenoxy) is 1. The standard InChI is InChI=1S/C15H8Br2Cl3F3N2O/c16-10(17)1-2-26-14-9(19)4-7(12(24)11(14)20)13-8(18)3-6(5-25-13)15(21,22)23/h1,3-5H,2,24H2. The fourth-order valence-corrected chi connectivity index (χ4v) is 3.02. The maximum atomic E-state index is 12.7. The molecule has 0 bridgehead atoms. The number of hydrogen-bond donors (Lipinski definition) is 1. The van der Waals surface area contributed by atoms with Gasteiger partial charge in [-0.15, -0.1) is 0 Å². The van der Waals surface area contributed by atoms with E-state index in [2.05, 4.69) is 36.8 Å². The zero-order valence-corrected chi connectivity index (χ0v) is 17.9. The second-order valence-electron chi connectivity index (χ2n) is 4.82. The predicted octanol–water partition coefficient (Wildman–Crippen LogP) is 7.32. The van der Waals surface area contributed by atoms with Crippen LogP contribution in [-0.2, 0) is 6.18 Å². The van der Waals surface area contributed by atoms with E-state index in [-0.39, 0.29) is 44.4 Å². The minimum absolute atomic E-state index is 0.00404. The Kier molecular flexibility index (Phi) is 7.12. The highest BCUT2D eigenvalue weighted by atomic mass is 79.9. The van der Waals surface area contributed by atoms with Crippen molar-refractivity contribution in [2.45, 2.75) is 6.18 Å². The van der Waals surface area contributed by atoms with E-state index >= 15 is 0 Å². The maximum Gasteiger partial charge on any atom is 0.417 e. The Hall–Kier alpha value is -0.670. The molecule has 0 saturated heterocycles. The largest absolute Gasteiger partial charge is 0.486 e. The van der Waals surface area contributed by atoms with Crippen LogP contribution in [0.4, 0.5) is 18.9 Å². The van der Waals surface area contributed by atoms with E-state index in [1.165, 1.54) is 6.07 Å². The molecule has 0 spiro atoms. The molecule has 2 N–H and O–H groups in total. The highest BCUT2D eigenvalue weighted by Crippen LogP contribution is 2.45. The monoisotopic (exact) mass is 552 g/mol. The lowest BCUT2D eigenvalue weighted by Crippen LogP contribution is -2.06. The van der Waals surface area contributed by atoms with E-state index in [0.29, 0.717) is 9.59 Å². The molecule has 0 fully saturated rings. The number of hydrogen-bond acceptors (Lipinski definition) is 3.